The van der Waals surface area contributed by atoms with Crippen molar-refractivity contribution in [2.24, 2.45) is 0 Å². The van der Waals surface area contributed by atoms with E-state index in [2.05, 4.69) is 17.6 Å². The maximum Gasteiger partial charge on any atom is 0.221 e. The Balaban J connectivity index is 2.12. The number of nitrogens with one attached hydrogen (secondary N) is 2. The van der Waals surface area contributed by atoms with Crippen LogP contribution in [0, 0.1) is 0 Å². The van der Waals surface area contributed by atoms with Crippen molar-refractivity contribution in [1.29, 1.82) is 0 Å². The summed E-state index contributed by atoms with van der Waals surface area (Å²) in [5, 5.41) is 6.43. The Labute approximate surface area is 93.0 Å². The Morgan fingerprint density at radius 2 is 2.07 bits per heavy atom. The molecule has 3 heteroatoms. The van der Waals surface area contributed by atoms with Gasteiger partial charge in [-0.1, -0.05) is 6.92 Å². The zero-order valence-electron chi connectivity index (χ0n) is 10.2. The van der Waals surface area contributed by atoms with Gasteiger partial charge in [-0.25, -0.2) is 0 Å². The van der Waals surface area contributed by atoms with Gasteiger partial charge in [0.2, 0.25) is 5.91 Å². The van der Waals surface area contributed by atoms with Crippen LogP contribution in [0.15, 0.2) is 0 Å². The van der Waals surface area contributed by atoms with Gasteiger partial charge in [-0.3, -0.25) is 4.79 Å². The zero-order chi connectivity index (χ0) is 11.3. The fourth-order valence-corrected chi connectivity index (χ4v) is 2.09. The van der Waals surface area contributed by atoms with Gasteiger partial charge < -0.3 is 10.6 Å². The molecule has 0 bridgehead atoms. The van der Waals surface area contributed by atoms with Crippen LogP contribution in [0.4, 0.5) is 0 Å². The van der Waals surface area contributed by atoms with Gasteiger partial charge in [-0.05, 0) is 39.5 Å². The molecule has 1 amide bonds. The zero-order valence-corrected chi connectivity index (χ0v) is 10.2. The summed E-state index contributed by atoms with van der Waals surface area (Å²) in [6.45, 7) is 7.02. The Hall–Kier alpha value is -0.570. The van der Waals surface area contributed by atoms with Crippen LogP contribution in [0.25, 0.3) is 0 Å². The van der Waals surface area contributed by atoms with Crippen LogP contribution in [0.1, 0.15) is 52.9 Å². The van der Waals surface area contributed by atoms with Gasteiger partial charge in [0.05, 0.1) is 0 Å². The third-order valence-corrected chi connectivity index (χ3v) is 3.29. The van der Waals surface area contributed by atoms with Crippen molar-refractivity contribution in [2.45, 2.75) is 64.5 Å². The van der Waals surface area contributed by atoms with Gasteiger partial charge in [0, 0.05) is 24.5 Å². The van der Waals surface area contributed by atoms with Crippen LogP contribution in [-0.4, -0.2) is 24.0 Å². The molecule has 1 saturated carbocycles. The molecule has 1 fully saturated rings. The average Bonchev–Trinajstić information content (AvgIpc) is 2.08. The number of rotatable bonds is 6. The summed E-state index contributed by atoms with van der Waals surface area (Å²) in [5.41, 5.74) is 0.359. The van der Waals surface area contributed by atoms with E-state index in [9.17, 15) is 4.79 Å². The molecule has 0 spiro atoms. The van der Waals surface area contributed by atoms with E-state index in [1.54, 1.807) is 0 Å². The monoisotopic (exact) mass is 212 g/mol. The third kappa shape index (κ3) is 3.82. The van der Waals surface area contributed by atoms with E-state index in [1.807, 2.05) is 13.8 Å². The van der Waals surface area contributed by atoms with E-state index in [4.69, 9.17) is 0 Å². The molecule has 0 aliphatic heterocycles. The fourth-order valence-electron chi connectivity index (χ4n) is 2.09. The lowest BCUT2D eigenvalue weighted by atomic mass is 9.75. The highest BCUT2D eigenvalue weighted by molar-refractivity contribution is 5.76. The molecule has 0 aromatic heterocycles. The lowest BCUT2D eigenvalue weighted by molar-refractivity contribution is -0.121. The first kappa shape index (κ1) is 12.5. The molecule has 0 unspecified atom stereocenters. The molecule has 88 valence electrons. The maximum absolute atomic E-state index is 11.4. The summed E-state index contributed by atoms with van der Waals surface area (Å²) >= 11 is 0. The summed E-state index contributed by atoms with van der Waals surface area (Å²) in [5.74, 6) is 0.156. The Bertz CT molecular complexity index is 204. The highest BCUT2D eigenvalue weighted by Gasteiger charge is 2.34. The lowest BCUT2D eigenvalue weighted by Gasteiger charge is -2.42. The standard InChI is InChI=1S/C12H24N2O/c1-4-12(7-5-8-12)13-9-6-11(15)14-10(2)3/h10,13H,4-9H2,1-3H3,(H,14,15). The van der Waals surface area contributed by atoms with Crippen LogP contribution in [-0.2, 0) is 4.79 Å². The van der Waals surface area contributed by atoms with Crippen LogP contribution >= 0.6 is 0 Å². The highest BCUT2D eigenvalue weighted by Crippen LogP contribution is 2.34. The second-order valence-electron chi connectivity index (χ2n) is 4.89. The molecule has 3 nitrogen and oxygen atoms in total. The Morgan fingerprint density at radius 1 is 1.40 bits per heavy atom. The smallest absolute Gasteiger partial charge is 0.221 e. The molecule has 0 atom stereocenters. The van der Waals surface area contributed by atoms with Crippen molar-refractivity contribution in [1.82, 2.24) is 10.6 Å². The van der Waals surface area contributed by atoms with Gasteiger partial charge in [0.1, 0.15) is 0 Å². The molecule has 0 radical (unpaired) electrons. The van der Waals surface area contributed by atoms with Crippen LogP contribution in [0.5, 0.6) is 0 Å². The summed E-state index contributed by atoms with van der Waals surface area (Å²) in [4.78, 5) is 11.4. The van der Waals surface area contributed by atoms with Crippen molar-refractivity contribution in [3.8, 4) is 0 Å². The fraction of sp³-hybridized carbons (Fsp3) is 0.917. The molecule has 0 saturated heterocycles. The largest absolute Gasteiger partial charge is 0.354 e. The Kier molecular flexibility index (Phi) is 4.58. The molecule has 1 aliphatic carbocycles. The van der Waals surface area contributed by atoms with Gasteiger partial charge >= 0.3 is 0 Å². The first-order chi connectivity index (χ1) is 7.08. The van der Waals surface area contributed by atoms with Crippen LogP contribution < -0.4 is 10.6 Å². The molecule has 0 heterocycles. The van der Waals surface area contributed by atoms with E-state index >= 15 is 0 Å². The number of carbonyl (C=O) groups excluding carboxylic acids is 1. The highest BCUT2D eigenvalue weighted by atomic mass is 16.1. The molecular weight excluding hydrogens is 188 g/mol. The molecule has 15 heavy (non-hydrogen) atoms. The summed E-state index contributed by atoms with van der Waals surface area (Å²) in [6.07, 6.45) is 5.66. The van der Waals surface area contributed by atoms with Gasteiger partial charge in [-0.2, -0.15) is 0 Å². The molecule has 1 aliphatic rings. The van der Waals surface area contributed by atoms with E-state index in [-0.39, 0.29) is 11.9 Å². The van der Waals surface area contributed by atoms with E-state index in [0.29, 0.717) is 12.0 Å². The number of hydrogen-bond donors (Lipinski definition) is 2. The number of amides is 1. The number of carbonyl (C=O) groups is 1. The summed E-state index contributed by atoms with van der Waals surface area (Å²) in [6, 6.07) is 0.251. The lowest BCUT2D eigenvalue weighted by Crippen LogP contribution is -2.51. The van der Waals surface area contributed by atoms with Gasteiger partial charge in [-0.15, -0.1) is 0 Å². The van der Waals surface area contributed by atoms with Crippen molar-refractivity contribution < 1.29 is 4.79 Å². The topological polar surface area (TPSA) is 41.1 Å². The second kappa shape index (κ2) is 5.50. The minimum atomic E-state index is 0.156. The quantitative estimate of drug-likeness (QED) is 0.705. The normalized spacial score (nSPS) is 18.7. The average molecular weight is 212 g/mol. The summed E-state index contributed by atoms with van der Waals surface area (Å²) in [7, 11) is 0. The van der Waals surface area contributed by atoms with E-state index in [1.165, 1.54) is 25.7 Å². The minimum Gasteiger partial charge on any atom is -0.354 e. The van der Waals surface area contributed by atoms with Crippen molar-refractivity contribution in [3.63, 3.8) is 0 Å². The predicted octanol–water partition coefficient (Wildman–Crippen LogP) is 1.82. The van der Waals surface area contributed by atoms with Crippen LogP contribution in [0.3, 0.4) is 0 Å². The first-order valence-electron chi connectivity index (χ1n) is 6.12. The molecule has 2 N–H and O–H groups in total. The van der Waals surface area contributed by atoms with Crippen LogP contribution in [0.2, 0.25) is 0 Å². The predicted molar refractivity (Wildman–Crippen MR) is 62.8 cm³/mol. The molecule has 1 rings (SSSR count). The second-order valence-corrected chi connectivity index (χ2v) is 4.89. The maximum atomic E-state index is 11.4. The SMILES string of the molecule is CCC1(NCCC(=O)NC(C)C)CCC1. The first-order valence-corrected chi connectivity index (χ1v) is 6.12. The number of hydrogen-bond acceptors (Lipinski definition) is 2. The van der Waals surface area contributed by atoms with Crippen molar-refractivity contribution >= 4 is 5.91 Å². The van der Waals surface area contributed by atoms with E-state index in [0.717, 1.165) is 6.54 Å². The Morgan fingerprint density at radius 3 is 2.47 bits per heavy atom. The minimum absolute atomic E-state index is 0.156. The third-order valence-electron chi connectivity index (χ3n) is 3.29. The molecule has 0 aromatic carbocycles. The van der Waals surface area contributed by atoms with Gasteiger partial charge in [0.15, 0.2) is 0 Å². The van der Waals surface area contributed by atoms with E-state index < -0.39 is 0 Å². The molecular formula is C12H24N2O. The summed E-state index contributed by atoms with van der Waals surface area (Å²) < 4.78 is 0. The molecule has 0 aromatic rings. The van der Waals surface area contributed by atoms with Crippen molar-refractivity contribution in [2.75, 3.05) is 6.54 Å². The van der Waals surface area contributed by atoms with Crippen molar-refractivity contribution in [3.05, 3.63) is 0 Å². The van der Waals surface area contributed by atoms with Gasteiger partial charge in [0.25, 0.3) is 0 Å².